The number of nitrogens with zero attached hydrogens (tertiary/aromatic N) is 5. The van der Waals surface area contributed by atoms with Crippen molar-refractivity contribution in [1.29, 1.82) is 0 Å². The molecule has 7 nitrogen and oxygen atoms in total. The van der Waals surface area contributed by atoms with E-state index < -0.39 is 0 Å². The first kappa shape index (κ1) is 20.5. The lowest BCUT2D eigenvalue weighted by Crippen LogP contribution is -2.29. The molecule has 0 bridgehead atoms. The van der Waals surface area contributed by atoms with Crippen LogP contribution in [0.1, 0.15) is 17.8 Å². The van der Waals surface area contributed by atoms with Crippen LogP contribution in [0.3, 0.4) is 0 Å². The monoisotopic (exact) mass is 458 g/mol. The molecule has 0 unspecified atom stereocenters. The number of carbonyl (C=O) groups is 1. The van der Waals surface area contributed by atoms with Crippen molar-refractivity contribution < 1.29 is 4.79 Å². The van der Waals surface area contributed by atoms with E-state index in [1.54, 1.807) is 4.90 Å². The van der Waals surface area contributed by atoms with Crippen LogP contribution in [0.5, 0.6) is 0 Å². The highest BCUT2D eigenvalue weighted by Crippen LogP contribution is 2.33. The molecular weight excluding hydrogens is 440 g/mol. The summed E-state index contributed by atoms with van der Waals surface area (Å²) in [6.07, 6.45) is 5.12. The van der Waals surface area contributed by atoms with Gasteiger partial charge in [-0.1, -0.05) is 65.6 Å². The second-order valence-corrected chi connectivity index (χ2v) is 8.98. The molecule has 9 heteroatoms. The normalized spacial score (nSPS) is 15.2. The van der Waals surface area contributed by atoms with Gasteiger partial charge in [0, 0.05) is 30.1 Å². The molecule has 1 aliphatic heterocycles. The first-order chi connectivity index (χ1) is 15.7. The number of rotatable bonds is 6. The van der Waals surface area contributed by atoms with Crippen LogP contribution in [0.4, 0.5) is 0 Å². The number of carbonyl (C=O) groups excluding carboxylic acids is 1. The molecule has 158 valence electrons. The minimum atomic E-state index is -0.0640. The summed E-state index contributed by atoms with van der Waals surface area (Å²) in [5.41, 5.74) is 4.00. The first-order valence-corrected chi connectivity index (χ1v) is 11.3. The fourth-order valence-electron chi connectivity index (χ4n) is 3.56. The minimum Gasteiger partial charge on any atom is -0.293 e. The number of hydrogen-bond donors (Lipinski definition) is 1. The van der Waals surface area contributed by atoms with Crippen molar-refractivity contribution >= 4 is 51.2 Å². The van der Waals surface area contributed by atoms with Gasteiger partial charge in [0.25, 0.3) is 5.91 Å². The number of amides is 1. The molecule has 0 aliphatic carbocycles. The second-order valence-electron chi connectivity index (χ2n) is 7.31. The number of pyridine rings is 1. The number of benzene rings is 2. The van der Waals surface area contributed by atoms with Gasteiger partial charge >= 0.3 is 0 Å². The van der Waals surface area contributed by atoms with Crippen LogP contribution in [0, 0.1) is 0 Å². The highest BCUT2D eigenvalue weighted by atomic mass is 32.2. The molecule has 1 aliphatic rings. The molecule has 3 heterocycles. The van der Waals surface area contributed by atoms with Crippen molar-refractivity contribution in [2.45, 2.75) is 12.8 Å². The van der Waals surface area contributed by atoms with E-state index >= 15 is 0 Å². The Hall–Kier alpha value is -3.43. The summed E-state index contributed by atoms with van der Waals surface area (Å²) in [6, 6.07) is 18.3. The predicted molar refractivity (Wildman–Crippen MR) is 130 cm³/mol. The van der Waals surface area contributed by atoms with Crippen LogP contribution in [-0.4, -0.2) is 47.3 Å². The lowest BCUT2D eigenvalue weighted by atomic mass is 10.0. The largest absolute Gasteiger partial charge is 0.293 e. The van der Waals surface area contributed by atoms with Crippen molar-refractivity contribution in [3.05, 3.63) is 77.1 Å². The maximum absolute atomic E-state index is 12.9. The third kappa shape index (κ3) is 4.30. The maximum atomic E-state index is 12.9. The van der Waals surface area contributed by atoms with Gasteiger partial charge in [0.05, 0.1) is 10.4 Å². The Morgan fingerprint density at radius 3 is 2.88 bits per heavy atom. The van der Waals surface area contributed by atoms with Gasteiger partial charge in [-0.3, -0.25) is 14.7 Å². The number of tetrazole rings is 1. The molecular formula is C23H18N6OS2. The van der Waals surface area contributed by atoms with E-state index in [0.29, 0.717) is 34.4 Å². The number of H-pyrrole nitrogens is 1. The van der Waals surface area contributed by atoms with Gasteiger partial charge in [-0.2, -0.15) is 5.21 Å². The molecule has 2 aromatic carbocycles. The van der Waals surface area contributed by atoms with Crippen LogP contribution >= 0.6 is 24.0 Å². The summed E-state index contributed by atoms with van der Waals surface area (Å²) in [5, 5.41) is 14.9. The molecule has 0 radical (unpaired) electrons. The van der Waals surface area contributed by atoms with Gasteiger partial charge in [-0.05, 0) is 41.8 Å². The fourth-order valence-corrected chi connectivity index (χ4v) is 4.87. The number of para-hydroxylation sites is 1. The van der Waals surface area contributed by atoms with E-state index in [4.69, 9.17) is 12.2 Å². The van der Waals surface area contributed by atoms with Crippen LogP contribution in [0.15, 0.2) is 65.7 Å². The number of thiocarbonyl (C=S) groups is 1. The molecule has 1 amide bonds. The first-order valence-electron chi connectivity index (χ1n) is 10.1. The van der Waals surface area contributed by atoms with Crippen LogP contribution in [0.2, 0.25) is 0 Å². The topological polar surface area (TPSA) is 87.7 Å². The van der Waals surface area contributed by atoms with E-state index in [1.807, 2.05) is 48.7 Å². The Kier molecular flexibility index (Phi) is 5.74. The average molecular weight is 459 g/mol. The summed E-state index contributed by atoms with van der Waals surface area (Å²) >= 11 is 6.78. The maximum Gasteiger partial charge on any atom is 0.266 e. The lowest BCUT2D eigenvalue weighted by molar-refractivity contribution is -0.122. The van der Waals surface area contributed by atoms with Crippen LogP contribution in [0.25, 0.3) is 28.1 Å². The van der Waals surface area contributed by atoms with Gasteiger partial charge in [-0.15, -0.1) is 10.2 Å². The number of fused-ring (bicyclic) bond motifs is 1. The average Bonchev–Trinajstić information content (AvgIpc) is 3.43. The number of aryl methyl sites for hydroxylation is 1. The lowest BCUT2D eigenvalue weighted by Gasteiger charge is -2.13. The van der Waals surface area contributed by atoms with Crippen LogP contribution in [-0.2, 0) is 11.2 Å². The van der Waals surface area contributed by atoms with Gasteiger partial charge in [0.2, 0.25) is 0 Å². The highest BCUT2D eigenvalue weighted by molar-refractivity contribution is 8.26. The van der Waals surface area contributed by atoms with E-state index in [-0.39, 0.29) is 5.91 Å². The standard InChI is InChI=1S/C23H18N6OS2/c30-22-20(32-23(31)29(22)10-4-9-21-25-27-28-26-21)12-15-5-3-7-16(11-15)18-13-17-6-1-2-8-19(17)24-14-18/h1-3,5-8,11-14H,4,9-10H2,(H,25,26,27,28). The van der Waals surface area contributed by atoms with Gasteiger partial charge < -0.3 is 0 Å². The van der Waals surface area contributed by atoms with Crippen LogP contribution < -0.4 is 0 Å². The van der Waals surface area contributed by atoms with Crippen molar-refractivity contribution in [3.63, 3.8) is 0 Å². The number of thioether (sulfide) groups is 1. The molecule has 1 saturated heterocycles. The van der Waals surface area contributed by atoms with Crippen molar-refractivity contribution in [1.82, 2.24) is 30.5 Å². The summed E-state index contributed by atoms with van der Waals surface area (Å²) in [5.74, 6) is 0.567. The summed E-state index contributed by atoms with van der Waals surface area (Å²) < 4.78 is 0.573. The summed E-state index contributed by atoms with van der Waals surface area (Å²) in [7, 11) is 0. The predicted octanol–water partition coefficient (Wildman–Crippen LogP) is 4.25. The molecule has 0 spiro atoms. The molecule has 0 atom stereocenters. The Morgan fingerprint density at radius 1 is 1.09 bits per heavy atom. The quantitative estimate of drug-likeness (QED) is 0.341. The molecule has 0 saturated carbocycles. The molecule has 32 heavy (non-hydrogen) atoms. The van der Waals surface area contributed by atoms with Gasteiger partial charge in [0.1, 0.15) is 4.32 Å². The van der Waals surface area contributed by atoms with Gasteiger partial charge in [0.15, 0.2) is 5.82 Å². The number of aromatic nitrogens is 5. The third-order valence-electron chi connectivity index (χ3n) is 5.15. The molecule has 4 aromatic rings. The van der Waals surface area contributed by atoms with E-state index in [9.17, 15) is 4.79 Å². The number of hydrogen-bond acceptors (Lipinski definition) is 7. The Balaban J connectivity index is 1.33. The van der Waals surface area contributed by atoms with Crippen molar-refractivity contribution in [2.75, 3.05) is 6.54 Å². The Bertz CT molecular complexity index is 1340. The number of aromatic amines is 1. The van der Waals surface area contributed by atoms with Crippen molar-refractivity contribution in [2.24, 2.45) is 0 Å². The fraction of sp³-hybridized carbons (Fsp3) is 0.130. The van der Waals surface area contributed by atoms with E-state index in [2.05, 4.69) is 43.8 Å². The summed E-state index contributed by atoms with van der Waals surface area (Å²) in [6.45, 7) is 0.527. The zero-order valence-electron chi connectivity index (χ0n) is 16.9. The van der Waals surface area contributed by atoms with Crippen molar-refractivity contribution in [3.8, 4) is 11.1 Å². The zero-order chi connectivity index (χ0) is 21.9. The molecule has 2 aromatic heterocycles. The smallest absolute Gasteiger partial charge is 0.266 e. The van der Waals surface area contributed by atoms with Gasteiger partial charge in [-0.25, -0.2) is 0 Å². The summed E-state index contributed by atoms with van der Waals surface area (Å²) in [4.78, 5) is 19.7. The molecule has 1 fully saturated rings. The van der Waals surface area contributed by atoms with E-state index in [0.717, 1.165) is 27.6 Å². The second kappa shape index (κ2) is 8.97. The Morgan fingerprint density at radius 2 is 2.00 bits per heavy atom. The van der Waals surface area contributed by atoms with E-state index in [1.165, 1.54) is 11.8 Å². The zero-order valence-corrected chi connectivity index (χ0v) is 18.6. The molecule has 5 rings (SSSR count). The number of nitrogens with one attached hydrogen (secondary N) is 1. The molecule has 1 N–H and O–H groups in total. The SMILES string of the molecule is O=C1C(=Cc2cccc(-c3cnc4ccccc4c3)c2)SC(=S)N1CCCc1nn[nH]n1. The highest BCUT2D eigenvalue weighted by Gasteiger charge is 2.31. The minimum absolute atomic E-state index is 0.0640. The Labute approximate surface area is 193 Å². The third-order valence-corrected chi connectivity index (χ3v) is 6.53.